The number of hydrogen-bond donors (Lipinski definition) is 2. The molecule has 1 aliphatic rings. The van der Waals surface area contributed by atoms with Crippen molar-refractivity contribution in [1.82, 2.24) is 4.90 Å². The lowest BCUT2D eigenvalue weighted by Gasteiger charge is -2.36. The number of phenols is 1. The Morgan fingerprint density at radius 1 is 1.12 bits per heavy atom. The van der Waals surface area contributed by atoms with E-state index in [1.165, 1.54) is 0 Å². The van der Waals surface area contributed by atoms with Crippen LogP contribution in [-0.4, -0.2) is 48.6 Å². The maximum atomic E-state index is 12.6. The number of phenolic OH excluding ortho intramolecular Hbond substituents is 1. The molecule has 132 valence electrons. The van der Waals surface area contributed by atoms with Crippen LogP contribution in [0.1, 0.15) is 22.8 Å². The van der Waals surface area contributed by atoms with Crippen molar-refractivity contribution in [3.8, 4) is 5.75 Å². The first kappa shape index (κ1) is 17.3. The monoisotopic (exact) mass is 339 g/mol. The zero-order valence-corrected chi connectivity index (χ0v) is 14.8. The molecule has 3 rings (SSSR count). The molecule has 2 aromatic rings. The molecule has 0 saturated carbocycles. The van der Waals surface area contributed by atoms with Crippen LogP contribution in [0, 0.1) is 6.92 Å². The lowest BCUT2D eigenvalue weighted by atomic mass is 10.1. The lowest BCUT2D eigenvalue weighted by molar-refractivity contribution is 0.102. The molecule has 0 aliphatic carbocycles. The Labute approximate surface area is 148 Å². The minimum Gasteiger partial charge on any atom is -0.507 e. The van der Waals surface area contributed by atoms with Gasteiger partial charge in [-0.25, -0.2) is 0 Å². The first-order chi connectivity index (χ1) is 12.1. The number of amides is 1. The molecule has 0 unspecified atom stereocenters. The fourth-order valence-electron chi connectivity index (χ4n) is 3.18. The number of nitrogens with zero attached hydrogens (tertiary/aromatic N) is 2. The second kappa shape index (κ2) is 7.57. The zero-order chi connectivity index (χ0) is 17.8. The number of likely N-dealkylation sites (N-methyl/N-ethyl adjacent to an activating group) is 1. The summed E-state index contributed by atoms with van der Waals surface area (Å²) in [5, 5.41) is 12.9. The molecule has 1 fully saturated rings. The van der Waals surface area contributed by atoms with Gasteiger partial charge in [0.2, 0.25) is 0 Å². The third-order valence-corrected chi connectivity index (χ3v) is 4.71. The Hall–Kier alpha value is -2.53. The standard InChI is InChI=1S/C20H25N3O2/c1-3-22-10-12-23(13-11-22)18-7-5-4-6-17(18)21-20(25)16-14-15(2)8-9-19(16)24/h4-9,14,24H,3,10-13H2,1-2H3,(H,21,25). The van der Waals surface area contributed by atoms with E-state index in [1.807, 2.05) is 31.2 Å². The predicted molar refractivity (Wildman–Crippen MR) is 102 cm³/mol. The van der Waals surface area contributed by atoms with E-state index in [-0.39, 0.29) is 11.7 Å². The van der Waals surface area contributed by atoms with Crippen molar-refractivity contribution < 1.29 is 9.90 Å². The van der Waals surface area contributed by atoms with E-state index >= 15 is 0 Å². The molecule has 1 aliphatic heterocycles. The molecule has 1 heterocycles. The number of aryl methyl sites for hydroxylation is 1. The van der Waals surface area contributed by atoms with Crippen molar-refractivity contribution in [3.05, 3.63) is 53.6 Å². The summed E-state index contributed by atoms with van der Waals surface area (Å²) in [5.41, 5.74) is 3.04. The van der Waals surface area contributed by atoms with E-state index in [1.54, 1.807) is 18.2 Å². The number of rotatable bonds is 4. The van der Waals surface area contributed by atoms with Crippen LogP contribution in [0.3, 0.4) is 0 Å². The summed E-state index contributed by atoms with van der Waals surface area (Å²) in [7, 11) is 0. The van der Waals surface area contributed by atoms with Crippen LogP contribution in [0.4, 0.5) is 11.4 Å². The Kier molecular flexibility index (Phi) is 5.24. The number of hydrogen-bond acceptors (Lipinski definition) is 4. The Morgan fingerprint density at radius 3 is 2.56 bits per heavy atom. The highest BCUT2D eigenvalue weighted by molar-refractivity contribution is 6.07. The summed E-state index contributed by atoms with van der Waals surface area (Å²) in [6, 6.07) is 12.9. The van der Waals surface area contributed by atoms with Gasteiger partial charge in [0.15, 0.2) is 0 Å². The molecular formula is C20H25N3O2. The van der Waals surface area contributed by atoms with Gasteiger partial charge >= 0.3 is 0 Å². The van der Waals surface area contributed by atoms with Crippen LogP contribution in [0.15, 0.2) is 42.5 Å². The van der Waals surface area contributed by atoms with Gasteiger partial charge in [-0.1, -0.05) is 30.7 Å². The molecule has 0 aromatic heterocycles. The Morgan fingerprint density at radius 2 is 1.84 bits per heavy atom. The quantitative estimate of drug-likeness (QED) is 0.899. The molecule has 5 nitrogen and oxygen atoms in total. The summed E-state index contributed by atoms with van der Waals surface area (Å²) in [6.07, 6.45) is 0. The van der Waals surface area contributed by atoms with E-state index in [0.717, 1.165) is 49.7 Å². The van der Waals surface area contributed by atoms with Crippen molar-refractivity contribution in [2.75, 3.05) is 42.9 Å². The average molecular weight is 339 g/mol. The van der Waals surface area contributed by atoms with Gasteiger partial charge in [-0.2, -0.15) is 0 Å². The number of para-hydroxylation sites is 2. The van der Waals surface area contributed by atoms with Gasteiger partial charge in [0.05, 0.1) is 16.9 Å². The molecule has 0 spiro atoms. The largest absolute Gasteiger partial charge is 0.507 e. The van der Waals surface area contributed by atoms with Crippen LogP contribution in [0.5, 0.6) is 5.75 Å². The molecule has 0 bridgehead atoms. The number of benzene rings is 2. The van der Waals surface area contributed by atoms with Crippen molar-refractivity contribution in [1.29, 1.82) is 0 Å². The van der Waals surface area contributed by atoms with Crippen molar-refractivity contribution in [2.24, 2.45) is 0 Å². The maximum Gasteiger partial charge on any atom is 0.259 e. The molecule has 0 radical (unpaired) electrons. The molecule has 1 amide bonds. The highest BCUT2D eigenvalue weighted by Crippen LogP contribution is 2.28. The first-order valence-corrected chi connectivity index (χ1v) is 8.75. The minimum atomic E-state index is -0.291. The number of aromatic hydroxyl groups is 1. The summed E-state index contributed by atoms with van der Waals surface area (Å²) >= 11 is 0. The second-order valence-corrected chi connectivity index (χ2v) is 6.41. The fraction of sp³-hybridized carbons (Fsp3) is 0.350. The Balaban J connectivity index is 1.79. The topological polar surface area (TPSA) is 55.8 Å². The van der Waals surface area contributed by atoms with Gasteiger partial charge in [0.25, 0.3) is 5.91 Å². The van der Waals surface area contributed by atoms with Gasteiger partial charge in [0, 0.05) is 26.2 Å². The summed E-state index contributed by atoms with van der Waals surface area (Å²) in [4.78, 5) is 17.3. The van der Waals surface area contributed by atoms with Crippen molar-refractivity contribution in [2.45, 2.75) is 13.8 Å². The van der Waals surface area contributed by atoms with Gasteiger partial charge in [-0.05, 0) is 37.7 Å². The van der Waals surface area contributed by atoms with Gasteiger partial charge in [0.1, 0.15) is 5.75 Å². The average Bonchev–Trinajstić information content (AvgIpc) is 2.64. The van der Waals surface area contributed by atoms with Crippen molar-refractivity contribution in [3.63, 3.8) is 0 Å². The van der Waals surface area contributed by atoms with Gasteiger partial charge in [-0.15, -0.1) is 0 Å². The number of piperazine rings is 1. The predicted octanol–water partition coefficient (Wildman–Crippen LogP) is 3.09. The highest BCUT2D eigenvalue weighted by Gasteiger charge is 2.19. The summed E-state index contributed by atoms with van der Waals surface area (Å²) in [5.74, 6) is -0.294. The zero-order valence-electron chi connectivity index (χ0n) is 14.8. The second-order valence-electron chi connectivity index (χ2n) is 6.41. The van der Waals surface area contributed by atoms with E-state index in [4.69, 9.17) is 0 Å². The van der Waals surface area contributed by atoms with Crippen LogP contribution in [-0.2, 0) is 0 Å². The first-order valence-electron chi connectivity index (χ1n) is 8.75. The number of anilines is 2. The highest BCUT2D eigenvalue weighted by atomic mass is 16.3. The van der Waals surface area contributed by atoms with Crippen LogP contribution < -0.4 is 10.2 Å². The van der Waals surface area contributed by atoms with Crippen LogP contribution in [0.25, 0.3) is 0 Å². The lowest BCUT2D eigenvalue weighted by Crippen LogP contribution is -2.46. The third kappa shape index (κ3) is 3.94. The van der Waals surface area contributed by atoms with Crippen LogP contribution in [0.2, 0.25) is 0 Å². The number of carbonyl (C=O) groups excluding carboxylic acids is 1. The van der Waals surface area contributed by atoms with E-state index in [2.05, 4.69) is 22.0 Å². The summed E-state index contributed by atoms with van der Waals surface area (Å²) < 4.78 is 0. The molecule has 2 aromatic carbocycles. The normalized spacial score (nSPS) is 15.2. The minimum absolute atomic E-state index is 0.00265. The third-order valence-electron chi connectivity index (χ3n) is 4.71. The smallest absolute Gasteiger partial charge is 0.259 e. The maximum absolute atomic E-state index is 12.6. The Bertz CT molecular complexity index is 752. The molecule has 1 saturated heterocycles. The van der Waals surface area contributed by atoms with Crippen molar-refractivity contribution >= 4 is 17.3 Å². The molecule has 0 atom stereocenters. The number of carbonyl (C=O) groups is 1. The van der Waals surface area contributed by atoms with E-state index in [9.17, 15) is 9.90 Å². The van der Waals surface area contributed by atoms with E-state index in [0.29, 0.717) is 5.56 Å². The number of nitrogens with one attached hydrogen (secondary N) is 1. The summed E-state index contributed by atoms with van der Waals surface area (Å²) in [6.45, 7) is 9.08. The van der Waals surface area contributed by atoms with Gasteiger partial charge < -0.3 is 20.2 Å². The van der Waals surface area contributed by atoms with Crippen LogP contribution >= 0.6 is 0 Å². The molecule has 25 heavy (non-hydrogen) atoms. The van der Waals surface area contributed by atoms with E-state index < -0.39 is 0 Å². The molecule has 2 N–H and O–H groups in total. The fourth-order valence-corrected chi connectivity index (χ4v) is 3.18. The van der Waals surface area contributed by atoms with Gasteiger partial charge in [-0.3, -0.25) is 4.79 Å². The SMILES string of the molecule is CCN1CCN(c2ccccc2NC(=O)c2cc(C)ccc2O)CC1. The molecule has 5 heteroatoms. The molecular weight excluding hydrogens is 314 g/mol.